The topological polar surface area (TPSA) is 154 Å². The molecule has 12 heteroatoms. The Labute approximate surface area is 233 Å². The predicted octanol–water partition coefficient (Wildman–Crippen LogP) is 2.45. The van der Waals surface area contributed by atoms with Gasteiger partial charge >= 0.3 is 12.1 Å². The number of amides is 2. The van der Waals surface area contributed by atoms with E-state index in [4.69, 9.17) is 15.0 Å². The molecule has 1 heterocycles. The first kappa shape index (κ1) is 30.8. The van der Waals surface area contributed by atoms with E-state index in [1.165, 1.54) is 12.1 Å². The zero-order valence-corrected chi connectivity index (χ0v) is 21.8. The molecule has 1 aliphatic rings. The Balaban J connectivity index is 0.000000587. The number of piperidine rings is 1. The summed E-state index contributed by atoms with van der Waals surface area (Å²) in [5, 5.41) is 20.8. The van der Waals surface area contributed by atoms with E-state index in [1.54, 1.807) is 29.2 Å². The van der Waals surface area contributed by atoms with E-state index in [0.717, 1.165) is 24.0 Å². The maximum Gasteiger partial charge on any atom is 0.430 e. The summed E-state index contributed by atoms with van der Waals surface area (Å²) < 4.78 is 31.5. The van der Waals surface area contributed by atoms with Crippen LogP contribution in [0.2, 0.25) is 0 Å². The molecular weight excluding hydrogens is 543 g/mol. The van der Waals surface area contributed by atoms with E-state index in [9.17, 15) is 27.6 Å². The first-order valence-electron chi connectivity index (χ1n) is 12.6. The monoisotopic (exact) mass is 571 g/mol. The fourth-order valence-electron chi connectivity index (χ4n) is 4.49. The van der Waals surface area contributed by atoms with Gasteiger partial charge in [-0.2, -0.15) is 13.2 Å². The Bertz CT molecular complexity index is 1360. The van der Waals surface area contributed by atoms with Gasteiger partial charge in [0.15, 0.2) is 0 Å². The summed E-state index contributed by atoms with van der Waals surface area (Å²) in [7, 11) is 0. The fourth-order valence-corrected chi connectivity index (χ4v) is 4.49. The number of rotatable bonds is 6. The Morgan fingerprint density at radius 2 is 1.49 bits per heavy atom. The zero-order valence-electron chi connectivity index (χ0n) is 21.8. The van der Waals surface area contributed by atoms with Gasteiger partial charge in [0, 0.05) is 29.3 Å². The standard InChI is InChI=1S/C27H27N3O4.C2HF3O2/c28-17-18-8-10-20(11-9-18)26(32)30-16-4-7-23(19-5-2-1-3-6-19)24(30)25(31)29-22-14-12-21(13-15-22)27(33)34;3-2(4,5)1(6)7/h1-3,5-6,8-15,23-24H,4,7,16-17,28H2,(H,29,31)(H,33,34);(H,6,7). The van der Waals surface area contributed by atoms with Crippen LogP contribution < -0.4 is 16.2 Å². The molecule has 1 saturated heterocycles. The maximum atomic E-state index is 13.6. The number of quaternary nitrogens is 1. The minimum atomic E-state index is -5.19. The highest BCUT2D eigenvalue weighted by Gasteiger charge is 2.40. The van der Waals surface area contributed by atoms with Crippen molar-refractivity contribution in [2.75, 3.05) is 11.9 Å². The molecular formula is C29H28F3N3O6. The molecule has 0 bridgehead atoms. The van der Waals surface area contributed by atoms with Crippen LogP contribution in [0.4, 0.5) is 18.9 Å². The molecule has 9 nitrogen and oxygen atoms in total. The van der Waals surface area contributed by atoms with Gasteiger partial charge < -0.3 is 31.0 Å². The molecule has 3 aromatic rings. The molecule has 0 saturated carbocycles. The van der Waals surface area contributed by atoms with Gasteiger partial charge in [0.05, 0.1) is 12.1 Å². The van der Waals surface area contributed by atoms with E-state index < -0.39 is 24.2 Å². The van der Waals surface area contributed by atoms with Crippen molar-refractivity contribution in [1.82, 2.24) is 4.90 Å². The number of alkyl halides is 3. The van der Waals surface area contributed by atoms with Crippen LogP contribution >= 0.6 is 0 Å². The van der Waals surface area contributed by atoms with Crippen molar-refractivity contribution in [3.63, 3.8) is 0 Å². The number of halogens is 3. The molecule has 2 atom stereocenters. The average Bonchev–Trinajstić information content (AvgIpc) is 2.97. The third-order valence-electron chi connectivity index (χ3n) is 6.51. The van der Waals surface area contributed by atoms with Crippen molar-refractivity contribution in [2.45, 2.75) is 37.5 Å². The summed E-state index contributed by atoms with van der Waals surface area (Å²) in [4.78, 5) is 48.7. The third-order valence-corrected chi connectivity index (χ3v) is 6.51. The van der Waals surface area contributed by atoms with Crippen LogP contribution in [-0.2, 0) is 16.1 Å². The van der Waals surface area contributed by atoms with Crippen LogP contribution in [-0.4, -0.2) is 52.5 Å². The van der Waals surface area contributed by atoms with Crippen molar-refractivity contribution >= 4 is 29.4 Å². The number of hydrogen-bond donors (Lipinski definition) is 3. The summed E-state index contributed by atoms with van der Waals surface area (Å²) >= 11 is 0. The van der Waals surface area contributed by atoms with E-state index in [0.29, 0.717) is 24.3 Å². The maximum absolute atomic E-state index is 13.6. The molecule has 0 radical (unpaired) electrons. The molecule has 1 aliphatic heterocycles. The number of aliphatic carboxylic acids is 1. The van der Waals surface area contributed by atoms with Crippen LogP contribution in [0, 0.1) is 0 Å². The molecule has 41 heavy (non-hydrogen) atoms. The number of nitrogens with zero attached hydrogens (tertiary/aromatic N) is 1. The first-order valence-corrected chi connectivity index (χ1v) is 12.6. The second-order valence-corrected chi connectivity index (χ2v) is 9.21. The number of likely N-dealkylation sites (tertiary alicyclic amines) is 1. The molecule has 0 spiro atoms. The van der Waals surface area contributed by atoms with Crippen LogP contribution in [0.5, 0.6) is 0 Å². The molecule has 2 amide bonds. The van der Waals surface area contributed by atoms with Gasteiger partial charge in [0.1, 0.15) is 12.0 Å². The smallest absolute Gasteiger partial charge is 0.430 e. The molecule has 1 fully saturated rings. The largest absolute Gasteiger partial charge is 0.542 e. The first-order chi connectivity index (χ1) is 19.4. The van der Waals surface area contributed by atoms with Gasteiger partial charge in [0.2, 0.25) is 5.91 Å². The number of carbonyl (C=O) groups excluding carboxylic acids is 3. The van der Waals surface area contributed by atoms with Gasteiger partial charge in [-0.25, -0.2) is 4.79 Å². The van der Waals surface area contributed by atoms with Crippen molar-refractivity contribution in [1.29, 1.82) is 0 Å². The van der Waals surface area contributed by atoms with E-state index in [-0.39, 0.29) is 23.3 Å². The van der Waals surface area contributed by atoms with E-state index >= 15 is 0 Å². The molecule has 0 aliphatic carbocycles. The highest BCUT2D eigenvalue weighted by atomic mass is 19.4. The summed E-state index contributed by atoms with van der Waals surface area (Å²) in [5.74, 6) is -4.67. The average molecular weight is 572 g/mol. The van der Waals surface area contributed by atoms with E-state index in [1.807, 2.05) is 42.5 Å². The summed E-state index contributed by atoms with van der Waals surface area (Å²) in [6.45, 7) is 1.12. The van der Waals surface area contributed by atoms with Crippen LogP contribution in [0.3, 0.4) is 0 Å². The summed E-state index contributed by atoms with van der Waals surface area (Å²) in [6, 6.07) is 22.4. The molecule has 5 N–H and O–H groups in total. The molecule has 4 rings (SSSR count). The normalized spacial score (nSPS) is 16.6. The number of benzene rings is 3. The molecule has 216 valence electrons. The number of carboxylic acid groups (broad SMARTS) is 2. The number of anilines is 1. The van der Waals surface area contributed by atoms with Crippen molar-refractivity contribution in [3.05, 3.63) is 101 Å². The highest BCUT2D eigenvalue weighted by molar-refractivity contribution is 6.02. The van der Waals surface area contributed by atoms with Crippen LogP contribution in [0.1, 0.15) is 50.6 Å². The quantitative estimate of drug-likeness (QED) is 0.413. The lowest BCUT2D eigenvalue weighted by Gasteiger charge is -2.40. The van der Waals surface area contributed by atoms with Crippen molar-refractivity contribution in [3.8, 4) is 0 Å². The Morgan fingerprint density at radius 3 is 2.00 bits per heavy atom. The number of aromatic carboxylic acids is 1. The van der Waals surface area contributed by atoms with Gasteiger partial charge in [0.25, 0.3) is 5.91 Å². The molecule has 3 aromatic carbocycles. The third kappa shape index (κ3) is 8.15. The summed E-state index contributed by atoms with van der Waals surface area (Å²) in [5.41, 5.74) is 7.08. The Morgan fingerprint density at radius 1 is 0.927 bits per heavy atom. The lowest BCUT2D eigenvalue weighted by molar-refractivity contribution is -0.386. The summed E-state index contributed by atoms with van der Waals surface area (Å²) in [6.07, 6.45) is -3.62. The number of hydrogen-bond acceptors (Lipinski definition) is 5. The minimum Gasteiger partial charge on any atom is -0.542 e. The Kier molecular flexibility index (Phi) is 10.2. The van der Waals surface area contributed by atoms with Crippen LogP contribution in [0.25, 0.3) is 0 Å². The second-order valence-electron chi connectivity index (χ2n) is 9.21. The van der Waals surface area contributed by atoms with Crippen molar-refractivity contribution < 1.29 is 48.3 Å². The van der Waals surface area contributed by atoms with Gasteiger partial charge in [-0.15, -0.1) is 0 Å². The predicted molar refractivity (Wildman–Crippen MR) is 139 cm³/mol. The highest BCUT2D eigenvalue weighted by Crippen LogP contribution is 2.34. The lowest BCUT2D eigenvalue weighted by atomic mass is 9.82. The van der Waals surface area contributed by atoms with Crippen LogP contribution in [0.15, 0.2) is 78.9 Å². The minimum absolute atomic E-state index is 0.139. The van der Waals surface area contributed by atoms with Gasteiger partial charge in [-0.1, -0.05) is 42.5 Å². The Hall–Kier alpha value is -4.71. The number of carbonyl (C=O) groups is 4. The SMILES string of the molecule is O=C([O-])C(F)(F)F.[NH3+]Cc1ccc(C(=O)N2CCCC(c3ccccc3)C2C(=O)Nc2ccc(C(=O)O)cc2)cc1. The number of nitrogens with one attached hydrogen (secondary N) is 1. The lowest BCUT2D eigenvalue weighted by Crippen LogP contribution is -2.53. The number of carboxylic acids is 2. The van der Waals surface area contributed by atoms with E-state index in [2.05, 4.69) is 11.1 Å². The molecule has 0 aromatic heterocycles. The molecule has 2 unspecified atom stereocenters. The second kappa shape index (κ2) is 13.6. The fraction of sp³-hybridized carbons (Fsp3) is 0.241. The van der Waals surface area contributed by atoms with Crippen molar-refractivity contribution in [2.24, 2.45) is 0 Å². The zero-order chi connectivity index (χ0) is 30.2. The van der Waals surface area contributed by atoms with Gasteiger partial charge in [-0.05, 0) is 54.8 Å². The van der Waals surface area contributed by atoms with Gasteiger partial charge in [-0.3, -0.25) is 9.59 Å².